The Bertz CT molecular complexity index is 542. The highest BCUT2D eigenvalue weighted by Gasteiger charge is 2.34. The summed E-state index contributed by atoms with van der Waals surface area (Å²) in [7, 11) is -1.99. The van der Waals surface area contributed by atoms with E-state index in [4.69, 9.17) is 23.2 Å². The van der Waals surface area contributed by atoms with Crippen LogP contribution in [0.4, 0.5) is 0 Å². The molecule has 1 heterocycles. The molecular formula is C11H19Cl2N3O2S. The molecular weight excluding hydrogens is 309 g/mol. The van der Waals surface area contributed by atoms with Crippen molar-refractivity contribution >= 4 is 33.2 Å². The number of hydrogen-bond donors (Lipinski definition) is 1. The fourth-order valence-electron chi connectivity index (χ4n) is 1.83. The lowest BCUT2D eigenvalue weighted by atomic mass is 10.0. The van der Waals surface area contributed by atoms with Crippen molar-refractivity contribution in [3.63, 3.8) is 0 Å². The van der Waals surface area contributed by atoms with Crippen LogP contribution in [0.2, 0.25) is 0 Å². The minimum absolute atomic E-state index is 0.116. The number of sulfonamides is 1. The summed E-state index contributed by atoms with van der Waals surface area (Å²) < 4.78 is 29.2. The maximum absolute atomic E-state index is 12.5. The van der Waals surface area contributed by atoms with Gasteiger partial charge in [-0.25, -0.2) is 13.1 Å². The van der Waals surface area contributed by atoms with E-state index in [0.29, 0.717) is 17.8 Å². The summed E-state index contributed by atoms with van der Waals surface area (Å²) in [6.07, 6.45) is 0.511. The number of aromatic nitrogens is 2. The molecule has 0 radical (unpaired) electrons. The van der Waals surface area contributed by atoms with Gasteiger partial charge < -0.3 is 0 Å². The van der Waals surface area contributed by atoms with E-state index >= 15 is 0 Å². The lowest BCUT2D eigenvalue weighted by Gasteiger charge is -2.29. The van der Waals surface area contributed by atoms with Gasteiger partial charge in [0.15, 0.2) is 0 Å². The van der Waals surface area contributed by atoms with Crippen LogP contribution in [0, 0.1) is 13.8 Å². The highest BCUT2D eigenvalue weighted by Crippen LogP contribution is 2.23. The van der Waals surface area contributed by atoms with Gasteiger partial charge in [0.05, 0.1) is 16.9 Å². The normalized spacial score (nSPS) is 12.9. The molecule has 0 saturated heterocycles. The predicted molar refractivity (Wildman–Crippen MR) is 77.5 cm³/mol. The van der Waals surface area contributed by atoms with Crippen molar-refractivity contribution in [2.45, 2.75) is 37.6 Å². The van der Waals surface area contributed by atoms with Crippen LogP contribution in [0.3, 0.4) is 0 Å². The van der Waals surface area contributed by atoms with E-state index < -0.39 is 15.6 Å². The first-order chi connectivity index (χ1) is 8.73. The Morgan fingerprint density at radius 1 is 1.32 bits per heavy atom. The van der Waals surface area contributed by atoms with Gasteiger partial charge in [-0.3, -0.25) is 4.68 Å². The summed E-state index contributed by atoms with van der Waals surface area (Å²) >= 11 is 11.7. The van der Waals surface area contributed by atoms with Gasteiger partial charge in [-0.1, -0.05) is 6.92 Å². The monoisotopic (exact) mass is 327 g/mol. The number of halogens is 2. The van der Waals surface area contributed by atoms with Crippen LogP contribution in [0.25, 0.3) is 0 Å². The zero-order chi connectivity index (χ0) is 14.8. The van der Waals surface area contributed by atoms with Crippen molar-refractivity contribution in [3.8, 4) is 0 Å². The van der Waals surface area contributed by atoms with Gasteiger partial charge in [-0.15, -0.1) is 23.2 Å². The van der Waals surface area contributed by atoms with Crippen LogP contribution in [-0.4, -0.2) is 35.5 Å². The zero-order valence-electron chi connectivity index (χ0n) is 11.5. The molecule has 0 aromatic carbocycles. The topological polar surface area (TPSA) is 64.0 Å². The van der Waals surface area contributed by atoms with Crippen LogP contribution in [0.5, 0.6) is 0 Å². The Morgan fingerprint density at radius 3 is 2.16 bits per heavy atom. The molecule has 1 N–H and O–H groups in total. The smallest absolute Gasteiger partial charge is 0.244 e. The van der Waals surface area contributed by atoms with Crippen molar-refractivity contribution in [2.24, 2.45) is 7.05 Å². The number of nitrogens with zero attached hydrogens (tertiary/aromatic N) is 2. The number of alkyl halides is 2. The Morgan fingerprint density at radius 2 is 1.84 bits per heavy atom. The van der Waals surface area contributed by atoms with Gasteiger partial charge in [-0.2, -0.15) is 5.10 Å². The lowest BCUT2D eigenvalue weighted by Crippen LogP contribution is -2.51. The fraction of sp³-hybridized carbons (Fsp3) is 0.727. The lowest BCUT2D eigenvalue weighted by molar-refractivity contribution is 0.449. The van der Waals surface area contributed by atoms with E-state index in [2.05, 4.69) is 9.82 Å². The summed E-state index contributed by atoms with van der Waals surface area (Å²) in [6.45, 7) is 5.22. The molecule has 19 heavy (non-hydrogen) atoms. The first-order valence-corrected chi connectivity index (χ1v) is 8.44. The van der Waals surface area contributed by atoms with E-state index in [1.165, 1.54) is 0 Å². The second-order valence-electron chi connectivity index (χ2n) is 4.63. The first-order valence-electron chi connectivity index (χ1n) is 5.89. The quantitative estimate of drug-likeness (QED) is 0.812. The summed E-state index contributed by atoms with van der Waals surface area (Å²) in [6, 6.07) is 0. The molecule has 5 nitrogen and oxygen atoms in total. The molecule has 0 aliphatic heterocycles. The maximum atomic E-state index is 12.5. The fourth-order valence-corrected chi connectivity index (χ4v) is 4.70. The van der Waals surface area contributed by atoms with Crippen molar-refractivity contribution in [2.75, 3.05) is 11.8 Å². The van der Waals surface area contributed by atoms with E-state index in [0.717, 1.165) is 0 Å². The predicted octanol–water partition coefficient (Wildman–Crippen LogP) is 1.94. The second kappa shape index (κ2) is 5.99. The molecule has 1 rings (SSSR count). The van der Waals surface area contributed by atoms with Gasteiger partial charge in [-0.05, 0) is 20.3 Å². The van der Waals surface area contributed by atoms with Crippen molar-refractivity contribution in [3.05, 3.63) is 11.4 Å². The van der Waals surface area contributed by atoms with Crippen molar-refractivity contribution in [1.29, 1.82) is 0 Å². The molecule has 0 aliphatic carbocycles. The Kier molecular flexibility index (Phi) is 5.28. The standard InChI is InChI=1S/C11H19Cl2N3O2S/c1-5-11(6-12,7-13)15-19(17,18)10-8(2)14-16(4)9(10)3/h15H,5-7H2,1-4H3. The average Bonchev–Trinajstić information content (AvgIpc) is 2.61. The molecule has 0 fully saturated rings. The minimum atomic E-state index is -3.70. The van der Waals surface area contributed by atoms with Gasteiger partial charge >= 0.3 is 0 Å². The largest absolute Gasteiger partial charge is 0.271 e. The first kappa shape index (κ1) is 16.8. The molecule has 0 aliphatic rings. The number of hydrogen-bond acceptors (Lipinski definition) is 3. The SMILES string of the molecule is CCC(CCl)(CCl)NS(=O)(=O)c1c(C)nn(C)c1C. The Balaban J connectivity index is 3.25. The minimum Gasteiger partial charge on any atom is -0.271 e. The molecule has 1 aromatic rings. The summed E-state index contributed by atoms with van der Waals surface area (Å²) in [5, 5.41) is 4.12. The average molecular weight is 328 g/mol. The summed E-state index contributed by atoms with van der Waals surface area (Å²) in [5.74, 6) is 0.231. The Labute approximate surface area is 124 Å². The third-order valence-corrected chi connectivity index (χ3v) is 6.10. The van der Waals surface area contributed by atoms with Gasteiger partial charge in [0.1, 0.15) is 4.90 Å². The van der Waals surface area contributed by atoms with Crippen LogP contribution in [0.15, 0.2) is 4.90 Å². The molecule has 0 amide bonds. The third kappa shape index (κ3) is 3.24. The molecule has 0 atom stereocenters. The number of nitrogens with one attached hydrogen (secondary N) is 1. The maximum Gasteiger partial charge on any atom is 0.244 e. The second-order valence-corrected chi connectivity index (χ2v) is 6.78. The highest BCUT2D eigenvalue weighted by molar-refractivity contribution is 7.89. The Hall–Kier alpha value is -0.300. The van der Waals surface area contributed by atoms with Crippen LogP contribution in [-0.2, 0) is 17.1 Å². The zero-order valence-corrected chi connectivity index (χ0v) is 13.8. The molecule has 110 valence electrons. The third-order valence-electron chi connectivity index (χ3n) is 3.25. The summed E-state index contributed by atoms with van der Waals surface area (Å²) in [5.41, 5.74) is 0.206. The van der Waals surface area contributed by atoms with Gasteiger partial charge in [0.25, 0.3) is 0 Å². The molecule has 0 saturated carbocycles. The molecule has 0 bridgehead atoms. The molecule has 1 aromatic heterocycles. The number of aryl methyl sites for hydroxylation is 2. The van der Waals surface area contributed by atoms with E-state index in [1.807, 2.05) is 6.92 Å². The highest BCUT2D eigenvalue weighted by atomic mass is 35.5. The van der Waals surface area contributed by atoms with Crippen LogP contribution < -0.4 is 4.72 Å². The van der Waals surface area contributed by atoms with Crippen molar-refractivity contribution < 1.29 is 8.42 Å². The van der Waals surface area contributed by atoms with Crippen LogP contribution in [0.1, 0.15) is 24.7 Å². The number of rotatable bonds is 6. The summed E-state index contributed by atoms with van der Waals surface area (Å²) in [4.78, 5) is 0.197. The molecule has 0 unspecified atom stereocenters. The molecule has 0 spiro atoms. The van der Waals surface area contributed by atoms with Gasteiger partial charge in [0.2, 0.25) is 10.0 Å². The molecule has 8 heteroatoms. The van der Waals surface area contributed by atoms with E-state index in [9.17, 15) is 8.42 Å². The van der Waals surface area contributed by atoms with Crippen molar-refractivity contribution in [1.82, 2.24) is 14.5 Å². The van der Waals surface area contributed by atoms with E-state index in [-0.39, 0.29) is 16.7 Å². The van der Waals surface area contributed by atoms with E-state index in [1.54, 1.807) is 25.6 Å². The van der Waals surface area contributed by atoms with Gasteiger partial charge in [0, 0.05) is 18.8 Å². The van der Waals surface area contributed by atoms with Crippen LogP contribution >= 0.6 is 23.2 Å².